The van der Waals surface area contributed by atoms with Gasteiger partial charge in [-0.1, -0.05) is 182 Å². The third-order valence-electron chi connectivity index (χ3n) is 12.0. The topological polar surface area (TPSA) is 52.6 Å². The Labute approximate surface area is 340 Å². The predicted molar refractivity (Wildman–Crippen MR) is 233 cm³/mol. The third kappa shape index (κ3) is 6.55. The summed E-state index contributed by atoms with van der Waals surface area (Å²) in [6.07, 6.45) is 0.162. The summed E-state index contributed by atoms with van der Waals surface area (Å²) in [5, 5.41) is 0. The van der Waals surface area contributed by atoms with Crippen molar-refractivity contribution in [3.05, 3.63) is 238 Å². The van der Waals surface area contributed by atoms with Gasteiger partial charge in [0, 0.05) is 38.2 Å². The summed E-state index contributed by atoms with van der Waals surface area (Å²) in [6, 6.07) is 60.8. The van der Waals surface area contributed by atoms with Gasteiger partial charge in [-0.25, -0.2) is 0 Å². The molecule has 4 nitrogen and oxygen atoms in total. The number of rotatable bonds is 8. The SMILES string of the molecule is COC1CC(=C2C(c3ccccc3)=C(c3ccccc3)C(=O)C2c2ccccc2)C(OC)CC1=C1C(c2ccccc2)=C(c2ccccc2)C(=O)C1c1ccccc1. The van der Waals surface area contributed by atoms with Gasteiger partial charge in [-0.05, 0) is 66.8 Å². The van der Waals surface area contributed by atoms with Crippen molar-refractivity contribution in [2.45, 2.75) is 36.9 Å². The number of carbonyl (C=O) groups excluding carboxylic acids is 2. The average molecular weight is 757 g/mol. The molecule has 0 saturated heterocycles. The maximum atomic E-state index is 15.2. The Morgan fingerprint density at radius 3 is 0.897 bits per heavy atom. The lowest BCUT2D eigenvalue weighted by Crippen LogP contribution is -2.33. The summed E-state index contributed by atoms with van der Waals surface area (Å²) < 4.78 is 13.2. The van der Waals surface area contributed by atoms with Crippen molar-refractivity contribution in [2.24, 2.45) is 0 Å². The summed E-state index contributed by atoms with van der Waals surface area (Å²) in [4.78, 5) is 30.3. The fourth-order valence-corrected chi connectivity index (χ4v) is 9.49. The predicted octanol–water partition coefficient (Wildman–Crippen LogP) is 11.4. The van der Waals surface area contributed by atoms with Crippen molar-refractivity contribution >= 4 is 33.9 Å². The first kappa shape index (κ1) is 37.1. The molecule has 0 bridgehead atoms. The lowest BCUT2D eigenvalue weighted by molar-refractivity contribution is -0.114. The molecule has 0 amide bonds. The number of Topliss-reactive ketones (excluding diaryl/α,β-unsaturated/α-hetero) is 2. The Morgan fingerprint density at radius 2 is 0.621 bits per heavy atom. The van der Waals surface area contributed by atoms with E-state index in [2.05, 4.69) is 48.5 Å². The maximum absolute atomic E-state index is 15.2. The molecule has 4 heteroatoms. The molecule has 6 aromatic carbocycles. The molecule has 0 aliphatic heterocycles. The molecule has 9 rings (SSSR count). The quantitative estimate of drug-likeness (QED) is 0.155. The van der Waals surface area contributed by atoms with E-state index in [1.165, 1.54) is 0 Å². The zero-order chi connectivity index (χ0) is 39.6. The Hall–Kier alpha value is -6.46. The van der Waals surface area contributed by atoms with Gasteiger partial charge in [-0.3, -0.25) is 9.59 Å². The molecule has 0 heterocycles. The number of hydrogen-bond acceptors (Lipinski definition) is 4. The molecule has 6 aromatic rings. The van der Waals surface area contributed by atoms with Crippen molar-refractivity contribution in [1.82, 2.24) is 0 Å². The molecule has 0 radical (unpaired) electrons. The lowest BCUT2D eigenvalue weighted by atomic mass is 9.73. The molecule has 4 atom stereocenters. The minimum atomic E-state index is -0.541. The van der Waals surface area contributed by atoms with Crippen LogP contribution >= 0.6 is 0 Å². The molecular formula is C54H44O4. The van der Waals surface area contributed by atoms with Crippen molar-refractivity contribution < 1.29 is 19.1 Å². The Balaban J connectivity index is 1.32. The van der Waals surface area contributed by atoms with Crippen molar-refractivity contribution in [3.8, 4) is 0 Å². The molecule has 0 aromatic heterocycles. The van der Waals surface area contributed by atoms with Gasteiger partial charge >= 0.3 is 0 Å². The minimum Gasteiger partial charge on any atom is -0.377 e. The van der Waals surface area contributed by atoms with Gasteiger partial charge in [-0.2, -0.15) is 0 Å². The van der Waals surface area contributed by atoms with Crippen LogP contribution < -0.4 is 0 Å². The standard InChI is InChI=1S/C54H44O4/c1-57-43-33-42(52-46(36-23-11-4-12-24-36)48(38-27-15-6-16-28-38)54(56)50(52)40-31-19-8-20-32-40)44(58-2)34-41(43)51-45(35-21-9-3-10-22-35)47(37-25-13-5-14-26-37)53(55)49(51)39-29-17-7-18-30-39/h3-32,43-44,49-50H,33-34H2,1-2H3. The van der Waals surface area contributed by atoms with E-state index in [-0.39, 0.29) is 11.6 Å². The van der Waals surface area contributed by atoms with E-state index < -0.39 is 24.0 Å². The second kappa shape index (κ2) is 16.2. The van der Waals surface area contributed by atoms with Crippen LogP contribution in [0.25, 0.3) is 22.3 Å². The molecule has 1 fully saturated rings. The average Bonchev–Trinajstić information content (AvgIpc) is 3.78. The summed E-state index contributed by atoms with van der Waals surface area (Å²) >= 11 is 0. The van der Waals surface area contributed by atoms with Crippen molar-refractivity contribution in [2.75, 3.05) is 14.2 Å². The monoisotopic (exact) mass is 756 g/mol. The smallest absolute Gasteiger partial charge is 0.175 e. The first-order valence-corrected chi connectivity index (χ1v) is 20.0. The Kier molecular flexibility index (Phi) is 10.4. The second-order valence-corrected chi connectivity index (χ2v) is 15.1. The highest BCUT2D eigenvalue weighted by atomic mass is 16.5. The summed E-state index contributed by atoms with van der Waals surface area (Å²) in [6.45, 7) is 0. The van der Waals surface area contributed by atoms with Crippen LogP contribution in [-0.2, 0) is 19.1 Å². The first-order valence-electron chi connectivity index (χ1n) is 20.0. The number of ether oxygens (including phenoxy) is 2. The lowest BCUT2D eigenvalue weighted by Gasteiger charge is -2.37. The fraction of sp³-hybridized carbons (Fsp3) is 0.148. The van der Waals surface area contributed by atoms with E-state index in [1.807, 2.05) is 133 Å². The van der Waals surface area contributed by atoms with Crippen LogP contribution in [0.1, 0.15) is 58.1 Å². The minimum absolute atomic E-state index is 0.0686. The van der Waals surface area contributed by atoms with Gasteiger partial charge in [-0.15, -0.1) is 0 Å². The molecule has 284 valence electrons. The molecule has 0 spiro atoms. The summed E-state index contributed by atoms with van der Waals surface area (Å²) in [5.41, 5.74) is 12.9. The van der Waals surface area contributed by atoms with Crippen LogP contribution in [0.3, 0.4) is 0 Å². The van der Waals surface area contributed by atoms with Crippen molar-refractivity contribution in [1.29, 1.82) is 0 Å². The van der Waals surface area contributed by atoms with E-state index >= 15 is 9.59 Å². The maximum Gasteiger partial charge on any atom is 0.175 e. The van der Waals surface area contributed by atoms with Gasteiger partial charge in [0.05, 0.1) is 24.0 Å². The van der Waals surface area contributed by atoms with E-state index in [4.69, 9.17) is 9.47 Å². The van der Waals surface area contributed by atoms with Crippen LogP contribution in [-0.4, -0.2) is 38.0 Å². The van der Waals surface area contributed by atoms with Crippen LogP contribution in [0.15, 0.2) is 204 Å². The van der Waals surface area contributed by atoms with Crippen LogP contribution in [0, 0.1) is 0 Å². The fourth-order valence-electron chi connectivity index (χ4n) is 9.49. The number of allylic oxidation sites excluding steroid dienone is 6. The highest BCUT2D eigenvalue weighted by Crippen LogP contribution is 2.56. The number of benzene rings is 6. The summed E-state index contributed by atoms with van der Waals surface area (Å²) in [7, 11) is 3.52. The molecular weight excluding hydrogens is 713 g/mol. The van der Waals surface area contributed by atoms with E-state index in [9.17, 15) is 0 Å². The van der Waals surface area contributed by atoms with E-state index in [1.54, 1.807) is 14.2 Å². The Bertz CT molecular complexity index is 2400. The van der Waals surface area contributed by atoms with E-state index in [0.29, 0.717) is 24.0 Å². The number of carbonyl (C=O) groups is 2. The van der Waals surface area contributed by atoms with Gasteiger partial charge in [0.15, 0.2) is 11.6 Å². The van der Waals surface area contributed by atoms with Crippen LogP contribution in [0.4, 0.5) is 0 Å². The zero-order valence-electron chi connectivity index (χ0n) is 32.7. The first-order chi connectivity index (χ1) is 28.6. The van der Waals surface area contributed by atoms with E-state index in [0.717, 1.165) is 66.8 Å². The Morgan fingerprint density at radius 1 is 0.362 bits per heavy atom. The van der Waals surface area contributed by atoms with Crippen molar-refractivity contribution in [3.63, 3.8) is 0 Å². The zero-order valence-corrected chi connectivity index (χ0v) is 32.7. The van der Waals surface area contributed by atoms with Crippen LogP contribution in [0.2, 0.25) is 0 Å². The molecule has 58 heavy (non-hydrogen) atoms. The molecule has 0 N–H and O–H groups in total. The summed E-state index contributed by atoms with van der Waals surface area (Å²) in [5.74, 6) is -0.945. The molecule has 3 aliphatic rings. The molecule has 1 saturated carbocycles. The molecule has 4 unspecified atom stereocenters. The van der Waals surface area contributed by atoms with Crippen LogP contribution in [0.5, 0.6) is 0 Å². The normalized spacial score (nSPS) is 23.6. The number of hydrogen-bond donors (Lipinski definition) is 0. The van der Waals surface area contributed by atoms with Gasteiger partial charge in [0.1, 0.15) is 0 Å². The number of methoxy groups -OCH3 is 2. The highest BCUT2D eigenvalue weighted by Gasteiger charge is 2.47. The van der Waals surface area contributed by atoms with Gasteiger partial charge < -0.3 is 9.47 Å². The largest absolute Gasteiger partial charge is 0.377 e. The highest BCUT2D eigenvalue weighted by molar-refractivity contribution is 6.39. The third-order valence-corrected chi connectivity index (χ3v) is 12.0. The number of ketones is 2. The van der Waals surface area contributed by atoms with Gasteiger partial charge in [0.2, 0.25) is 0 Å². The second-order valence-electron chi connectivity index (χ2n) is 15.1. The molecule has 3 aliphatic carbocycles. The van der Waals surface area contributed by atoms with Gasteiger partial charge in [0.25, 0.3) is 0 Å².